The number of hydrogen-bond acceptors (Lipinski definition) is 17. The Kier molecular flexibility index (Phi) is 8.14. The van der Waals surface area contributed by atoms with Crippen molar-refractivity contribution in [2.45, 2.75) is 68.3 Å². The fourth-order valence-corrected chi connectivity index (χ4v) is 5.25. The van der Waals surface area contributed by atoms with E-state index in [9.17, 15) is 50.8 Å². The van der Waals surface area contributed by atoms with Crippen molar-refractivity contribution in [2.75, 3.05) is 13.4 Å². The van der Waals surface area contributed by atoms with Gasteiger partial charge in [-0.2, -0.15) is 0 Å². The SMILES string of the molecule is C[C@@H]1O[C@@H](OC[C@H]2O[C@@H](Oc3c(-c4ccc(O)c(O)c4)oc4cc5c(c(O)c4c3=O)OCO5)[C@H](O)[C@@H](O)[C@@H]2O)[C@H](O)[C@H](O)[C@H]1O. The summed E-state index contributed by atoms with van der Waals surface area (Å²) in [6, 6.07) is 4.71. The Morgan fingerprint density at radius 2 is 1.53 bits per heavy atom. The second-order valence-corrected chi connectivity index (χ2v) is 10.8. The van der Waals surface area contributed by atoms with Crippen LogP contribution in [0.2, 0.25) is 0 Å². The predicted molar refractivity (Wildman–Crippen MR) is 145 cm³/mol. The van der Waals surface area contributed by atoms with Gasteiger partial charge in [0.1, 0.15) is 53.7 Å². The smallest absolute Gasteiger partial charge is 0.239 e. The number of fused-ring (bicyclic) bond motifs is 2. The van der Waals surface area contributed by atoms with Gasteiger partial charge in [0, 0.05) is 11.6 Å². The van der Waals surface area contributed by atoms with Gasteiger partial charge < -0.3 is 78.8 Å². The first kappa shape index (κ1) is 31.1. The van der Waals surface area contributed by atoms with E-state index < -0.39 is 102 Å². The molecule has 2 aromatic carbocycles. The van der Waals surface area contributed by atoms with Gasteiger partial charge >= 0.3 is 0 Å². The van der Waals surface area contributed by atoms with Crippen molar-refractivity contribution in [1.29, 1.82) is 0 Å². The Bertz CT molecular complexity index is 1640. The van der Waals surface area contributed by atoms with Gasteiger partial charge in [0.25, 0.3) is 0 Å². The molecule has 0 bridgehead atoms. The van der Waals surface area contributed by atoms with Gasteiger partial charge in [0.15, 0.2) is 35.0 Å². The van der Waals surface area contributed by atoms with E-state index >= 15 is 0 Å². The minimum atomic E-state index is -1.97. The zero-order valence-corrected chi connectivity index (χ0v) is 23.3. The zero-order valence-electron chi connectivity index (χ0n) is 23.3. The van der Waals surface area contributed by atoms with Crippen LogP contribution < -0.4 is 19.6 Å². The summed E-state index contributed by atoms with van der Waals surface area (Å²) < 4.78 is 38.7. The number of aromatic hydroxyl groups is 3. The highest BCUT2D eigenvalue weighted by Gasteiger charge is 2.48. The molecule has 0 unspecified atom stereocenters. The molecule has 17 heteroatoms. The van der Waals surface area contributed by atoms with E-state index in [1.54, 1.807) is 0 Å². The maximum Gasteiger partial charge on any atom is 0.239 e. The van der Waals surface area contributed by atoms with Crippen molar-refractivity contribution in [3.05, 3.63) is 34.5 Å². The van der Waals surface area contributed by atoms with Crippen LogP contribution in [0.5, 0.6) is 34.5 Å². The van der Waals surface area contributed by atoms with Gasteiger partial charge in [-0.25, -0.2) is 0 Å². The summed E-state index contributed by atoms with van der Waals surface area (Å²) in [7, 11) is 0. The van der Waals surface area contributed by atoms with Crippen molar-refractivity contribution < 1.29 is 78.8 Å². The molecule has 6 rings (SSSR count). The quantitative estimate of drug-likeness (QED) is 0.137. The van der Waals surface area contributed by atoms with Crippen LogP contribution in [0, 0.1) is 0 Å². The monoisotopic (exact) mass is 638 g/mol. The number of benzene rings is 2. The van der Waals surface area contributed by atoms with E-state index in [4.69, 9.17) is 32.8 Å². The van der Waals surface area contributed by atoms with Crippen molar-refractivity contribution in [3.8, 4) is 45.8 Å². The first-order valence-electron chi connectivity index (χ1n) is 13.7. The largest absolute Gasteiger partial charge is 0.504 e. The van der Waals surface area contributed by atoms with Gasteiger partial charge in [0.2, 0.25) is 30.0 Å². The lowest BCUT2D eigenvalue weighted by atomic mass is 9.98. The summed E-state index contributed by atoms with van der Waals surface area (Å²) >= 11 is 0. The number of aliphatic hydroxyl groups is 6. The predicted octanol–water partition coefficient (Wildman–Crippen LogP) is -1.66. The third-order valence-electron chi connectivity index (χ3n) is 7.83. The molecule has 244 valence electrons. The number of aliphatic hydroxyl groups excluding tert-OH is 6. The third kappa shape index (κ3) is 5.37. The molecule has 10 atom stereocenters. The van der Waals surface area contributed by atoms with Crippen LogP contribution >= 0.6 is 0 Å². The third-order valence-corrected chi connectivity index (χ3v) is 7.83. The van der Waals surface area contributed by atoms with Gasteiger partial charge in [-0.1, -0.05) is 0 Å². The van der Waals surface area contributed by atoms with Crippen molar-refractivity contribution in [3.63, 3.8) is 0 Å². The molecule has 9 N–H and O–H groups in total. The molecule has 2 saturated heterocycles. The molecule has 45 heavy (non-hydrogen) atoms. The first-order chi connectivity index (χ1) is 21.4. The second kappa shape index (κ2) is 11.8. The summed E-state index contributed by atoms with van der Waals surface area (Å²) in [4.78, 5) is 13.8. The van der Waals surface area contributed by atoms with Crippen LogP contribution in [0.15, 0.2) is 33.5 Å². The van der Waals surface area contributed by atoms with Crippen LogP contribution in [-0.4, -0.2) is 121 Å². The number of phenolic OH excluding ortho intramolecular Hbond substituents is 3. The molecular formula is C28H30O17. The summed E-state index contributed by atoms with van der Waals surface area (Å²) in [5, 5.41) is 92.5. The molecule has 0 aliphatic carbocycles. The topological polar surface area (TPSA) is 268 Å². The molecule has 2 fully saturated rings. The number of phenols is 3. The lowest BCUT2D eigenvalue weighted by molar-refractivity contribution is -0.318. The molecule has 0 radical (unpaired) electrons. The highest BCUT2D eigenvalue weighted by molar-refractivity contribution is 5.91. The maximum atomic E-state index is 13.8. The fraction of sp³-hybridized carbons (Fsp3) is 0.464. The fourth-order valence-electron chi connectivity index (χ4n) is 5.25. The average Bonchev–Trinajstić information content (AvgIpc) is 3.49. The van der Waals surface area contributed by atoms with Crippen molar-refractivity contribution >= 4 is 11.0 Å². The van der Waals surface area contributed by atoms with Crippen LogP contribution in [0.25, 0.3) is 22.3 Å². The molecule has 17 nitrogen and oxygen atoms in total. The van der Waals surface area contributed by atoms with E-state index in [0.717, 1.165) is 12.1 Å². The van der Waals surface area contributed by atoms with Gasteiger partial charge in [-0.15, -0.1) is 0 Å². The van der Waals surface area contributed by atoms with E-state index in [-0.39, 0.29) is 35.2 Å². The zero-order chi connectivity index (χ0) is 32.3. The van der Waals surface area contributed by atoms with E-state index in [1.165, 1.54) is 19.1 Å². The van der Waals surface area contributed by atoms with Crippen LogP contribution in [0.3, 0.4) is 0 Å². The van der Waals surface area contributed by atoms with E-state index in [0.29, 0.717) is 0 Å². The Morgan fingerprint density at radius 3 is 2.27 bits per heavy atom. The summed E-state index contributed by atoms with van der Waals surface area (Å²) in [5.74, 6) is -2.81. The lowest BCUT2D eigenvalue weighted by Crippen LogP contribution is -2.61. The van der Waals surface area contributed by atoms with Crippen molar-refractivity contribution in [2.24, 2.45) is 0 Å². The van der Waals surface area contributed by atoms with Crippen LogP contribution in [0.4, 0.5) is 0 Å². The van der Waals surface area contributed by atoms with E-state index in [1.807, 2.05) is 0 Å². The van der Waals surface area contributed by atoms with Crippen LogP contribution in [0.1, 0.15) is 6.92 Å². The maximum absolute atomic E-state index is 13.8. The minimum Gasteiger partial charge on any atom is -0.504 e. The van der Waals surface area contributed by atoms with Crippen LogP contribution in [-0.2, 0) is 14.2 Å². The molecule has 0 spiro atoms. The Balaban J connectivity index is 1.35. The average molecular weight is 639 g/mol. The Morgan fingerprint density at radius 1 is 0.822 bits per heavy atom. The minimum absolute atomic E-state index is 0.000484. The molecule has 3 aliphatic heterocycles. The van der Waals surface area contributed by atoms with Gasteiger partial charge in [-0.05, 0) is 25.1 Å². The Labute approximate surface area is 252 Å². The molecule has 4 heterocycles. The summed E-state index contributed by atoms with van der Waals surface area (Å²) in [5.41, 5.74) is -1.18. The molecule has 0 saturated carbocycles. The van der Waals surface area contributed by atoms with Gasteiger partial charge in [0.05, 0.1) is 12.7 Å². The highest BCUT2D eigenvalue weighted by atomic mass is 16.7. The standard InChI is InChI=1S/C28H30O17/c1-8-16(31)20(35)22(37)27(42-8)39-6-14-17(32)21(36)23(38)28(44-14)45-26-19(34)15-12(5-13-25(18(15)33)41-7-40-13)43-24(26)9-2-3-10(29)11(30)4-9/h2-5,8,14,16-17,20-23,27-33,35-38H,6-7H2,1H3/t8-,14+,16-,17+,20+,21-,22+,23+,27+,28-/m0/s1. The normalized spacial score (nSPS) is 33.0. The number of rotatable bonds is 6. The molecule has 3 aromatic rings. The van der Waals surface area contributed by atoms with E-state index in [2.05, 4.69) is 0 Å². The lowest BCUT2D eigenvalue weighted by Gasteiger charge is -2.42. The first-order valence-corrected chi connectivity index (χ1v) is 13.7. The summed E-state index contributed by atoms with van der Waals surface area (Å²) in [6.07, 6.45) is -16.1. The number of hydrogen-bond donors (Lipinski definition) is 9. The Hall–Kier alpha value is -3.91. The molecule has 1 aromatic heterocycles. The molecular weight excluding hydrogens is 608 g/mol. The van der Waals surface area contributed by atoms with Crippen molar-refractivity contribution in [1.82, 2.24) is 0 Å². The second-order valence-electron chi connectivity index (χ2n) is 10.8. The van der Waals surface area contributed by atoms with Gasteiger partial charge in [-0.3, -0.25) is 4.79 Å². The molecule has 0 amide bonds. The highest BCUT2D eigenvalue weighted by Crippen LogP contribution is 2.47. The summed E-state index contributed by atoms with van der Waals surface area (Å²) in [6.45, 7) is 0.581. The molecule has 3 aliphatic rings. The number of ether oxygens (including phenoxy) is 6.